The van der Waals surface area contributed by atoms with Gasteiger partial charge in [-0.25, -0.2) is 4.79 Å². The molecule has 16 heavy (non-hydrogen) atoms. The fraction of sp³-hybridized carbons (Fsp3) is 0.769. The zero-order valence-corrected chi connectivity index (χ0v) is 10.4. The second-order valence-corrected chi connectivity index (χ2v) is 4.59. The molecule has 0 heterocycles. The standard InChI is InChI=1S/C13H23NO2/c1-3-8-14(10-11-5-6-11)9-7-12(4-2)13(15)16/h7,11H,3-6,8-10H2,1-2H3,(H,15,16). The van der Waals surface area contributed by atoms with Crippen molar-refractivity contribution in [1.82, 2.24) is 4.90 Å². The summed E-state index contributed by atoms with van der Waals surface area (Å²) >= 11 is 0. The Labute approximate surface area is 98.1 Å². The maximum atomic E-state index is 10.8. The van der Waals surface area contributed by atoms with Gasteiger partial charge >= 0.3 is 5.97 Å². The molecule has 0 aromatic rings. The Kier molecular flexibility index (Phi) is 5.53. The van der Waals surface area contributed by atoms with E-state index in [1.165, 1.54) is 12.8 Å². The van der Waals surface area contributed by atoms with Gasteiger partial charge in [0.15, 0.2) is 0 Å². The number of rotatable bonds is 8. The Morgan fingerprint density at radius 1 is 1.44 bits per heavy atom. The fourth-order valence-corrected chi connectivity index (χ4v) is 1.86. The van der Waals surface area contributed by atoms with Gasteiger partial charge < -0.3 is 5.11 Å². The Morgan fingerprint density at radius 2 is 2.12 bits per heavy atom. The summed E-state index contributed by atoms with van der Waals surface area (Å²) in [4.78, 5) is 13.2. The van der Waals surface area contributed by atoms with Crippen LogP contribution in [0, 0.1) is 5.92 Å². The van der Waals surface area contributed by atoms with Crippen molar-refractivity contribution in [2.45, 2.75) is 39.5 Å². The van der Waals surface area contributed by atoms with Crippen molar-refractivity contribution in [3.63, 3.8) is 0 Å². The third-order valence-corrected chi connectivity index (χ3v) is 3.00. The molecule has 0 spiro atoms. The van der Waals surface area contributed by atoms with Crippen molar-refractivity contribution in [1.29, 1.82) is 0 Å². The smallest absolute Gasteiger partial charge is 0.331 e. The molecule has 1 fully saturated rings. The second kappa shape index (κ2) is 6.69. The quantitative estimate of drug-likeness (QED) is 0.645. The number of carboxylic acid groups (broad SMARTS) is 1. The molecule has 3 nitrogen and oxygen atoms in total. The molecule has 0 aliphatic heterocycles. The van der Waals surface area contributed by atoms with Crippen LogP contribution in [0.3, 0.4) is 0 Å². The number of carboxylic acids is 1. The summed E-state index contributed by atoms with van der Waals surface area (Å²) < 4.78 is 0. The van der Waals surface area contributed by atoms with Crippen molar-refractivity contribution in [2.24, 2.45) is 5.92 Å². The summed E-state index contributed by atoms with van der Waals surface area (Å²) in [5.74, 6) is 0.0974. The Morgan fingerprint density at radius 3 is 2.56 bits per heavy atom. The lowest BCUT2D eigenvalue weighted by Gasteiger charge is -2.19. The molecule has 0 saturated heterocycles. The normalized spacial score (nSPS) is 16.8. The van der Waals surface area contributed by atoms with E-state index in [0.717, 1.165) is 32.0 Å². The lowest BCUT2D eigenvalue weighted by Crippen LogP contribution is -2.27. The average molecular weight is 225 g/mol. The summed E-state index contributed by atoms with van der Waals surface area (Å²) in [7, 11) is 0. The third kappa shape index (κ3) is 4.79. The van der Waals surface area contributed by atoms with Crippen molar-refractivity contribution in [3.05, 3.63) is 11.6 Å². The van der Waals surface area contributed by atoms with Gasteiger partial charge in [-0.1, -0.05) is 19.9 Å². The summed E-state index contributed by atoms with van der Waals surface area (Å²) in [6, 6.07) is 0. The minimum atomic E-state index is -0.773. The molecule has 1 N–H and O–H groups in total. The van der Waals surface area contributed by atoms with Crippen LogP contribution in [0.4, 0.5) is 0 Å². The first-order chi connectivity index (χ1) is 7.67. The van der Waals surface area contributed by atoms with Gasteiger partial charge in [0, 0.05) is 18.7 Å². The molecule has 0 atom stereocenters. The van der Waals surface area contributed by atoms with E-state index in [2.05, 4.69) is 11.8 Å². The Hall–Kier alpha value is -0.830. The minimum absolute atomic E-state index is 0.539. The first-order valence-electron chi connectivity index (χ1n) is 6.32. The van der Waals surface area contributed by atoms with E-state index in [9.17, 15) is 4.79 Å². The number of aliphatic carboxylic acids is 1. The van der Waals surface area contributed by atoms with Gasteiger partial charge in [0.2, 0.25) is 0 Å². The average Bonchev–Trinajstić information content (AvgIpc) is 3.02. The highest BCUT2D eigenvalue weighted by Gasteiger charge is 2.23. The van der Waals surface area contributed by atoms with Crippen LogP contribution in [0.5, 0.6) is 0 Å². The van der Waals surface area contributed by atoms with Gasteiger partial charge in [-0.2, -0.15) is 0 Å². The highest BCUT2D eigenvalue weighted by atomic mass is 16.4. The number of hydrogen-bond acceptors (Lipinski definition) is 2. The lowest BCUT2D eigenvalue weighted by molar-refractivity contribution is -0.132. The zero-order chi connectivity index (χ0) is 12.0. The van der Waals surface area contributed by atoms with E-state index in [4.69, 9.17) is 5.11 Å². The predicted molar refractivity (Wildman–Crippen MR) is 65.5 cm³/mol. The highest BCUT2D eigenvalue weighted by molar-refractivity contribution is 5.86. The van der Waals surface area contributed by atoms with E-state index in [-0.39, 0.29) is 0 Å². The molecule has 0 bridgehead atoms. The lowest BCUT2D eigenvalue weighted by atomic mass is 10.2. The van der Waals surface area contributed by atoms with Gasteiger partial charge in [0.25, 0.3) is 0 Å². The van der Waals surface area contributed by atoms with Crippen molar-refractivity contribution < 1.29 is 9.90 Å². The predicted octanol–water partition coefficient (Wildman–Crippen LogP) is 2.53. The summed E-state index contributed by atoms with van der Waals surface area (Å²) in [5.41, 5.74) is 0.539. The Bertz CT molecular complexity index is 257. The van der Waals surface area contributed by atoms with Crippen LogP contribution in [0.25, 0.3) is 0 Å². The fourth-order valence-electron chi connectivity index (χ4n) is 1.86. The third-order valence-electron chi connectivity index (χ3n) is 3.00. The summed E-state index contributed by atoms with van der Waals surface area (Å²) in [6.07, 6.45) is 6.32. The number of hydrogen-bond donors (Lipinski definition) is 1. The molecule has 0 radical (unpaired) electrons. The monoisotopic (exact) mass is 225 g/mol. The topological polar surface area (TPSA) is 40.5 Å². The molecule has 1 aliphatic rings. The molecule has 92 valence electrons. The molecule has 0 unspecified atom stereocenters. The number of nitrogens with zero attached hydrogens (tertiary/aromatic N) is 1. The van der Waals surface area contributed by atoms with E-state index in [1.54, 1.807) is 0 Å². The molecule has 1 rings (SSSR count). The largest absolute Gasteiger partial charge is 0.478 e. The molecule has 0 amide bonds. The van der Waals surface area contributed by atoms with Crippen molar-refractivity contribution in [2.75, 3.05) is 19.6 Å². The molecule has 0 aromatic carbocycles. The SMILES string of the molecule is CCCN(CC=C(CC)C(=O)O)CC1CC1. The molecular weight excluding hydrogens is 202 g/mol. The van der Waals surface area contributed by atoms with Gasteiger partial charge in [-0.05, 0) is 38.1 Å². The van der Waals surface area contributed by atoms with Crippen LogP contribution in [-0.4, -0.2) is 35.6 Å². The maximum absolute atomic E-state index is 10.8. The van der Waals surface area contributed by atoms with E-state index in [0.29, 0.717) is 12.0 Å². The first kappa shape index (κ1) is 13.2. The van der Waals surface area contributed by atoms with E-state index < -0.39 is 5.97 Å². The van der Waals surface area contributed by atoms with Gasteiger partial charge in [-0.3, -0.25) is 4.90 Å². The van der Waals surface area contributed by atoms with Crippen LogP contribution in [-0.2, 0) is 4.79 Å². The number of carbonyl (C=O) groups is 1. The van der Waals surface area contributed by atoms with E-state index >= 15 is 0 Å². The van der Waals surface area contributed by atoms with Crippen LogP contribution in [0.15, 0.2) is 11.6 Å². The Balaban J connectivity index is 2.42. The van der Waals surface area contributed by atoms with Gasteiger partial charge in [0.05, 0.1) is 0 Å². The van der Waals surface area contributed by atoms with Crippen LogP contribution >= 0.6 is 0 Å². The molecule has 3 heteroatoms. The molecular formula is C13H23NO2. The summed E-state index contributed by atoms with van der Waals surface area (Å²) in [5, 5.41) is 8.92. The second-order valence-electron chi connectivity index (χ2n) is 4.59. The van der Waals surface area contributed by atoms with Crippen molar-refractivity contribution in [3.8, 4) is 0 Å². The van der Waals surface area contributed by atoms with Gasteiger partial charge in [-0.15, -0.1) is 0 Å². The molecule has 1 saturated carbocycles. The van der Waals surface area contributed by atoms with E-state index in [1.807, 2.05) is 13.0 Å². The maximum Gasteiger partial charge on any atom is 0.331 e. The zero-order valence-electron chi connectivity index (χ0n) is 10.4. The highest BCUT2D eigenvalue weighted by Crippen LogP contribution is 2.29. The minimum Gasteiger partial charge on any atom is -0.478 e. The molecule has 1 aliphatic carbocycles. The summed E-state index contributed by atoms with van der Waals surface area (Å²) in [6.45, 7) is 7.07. The van der Waals surface area contributed by atoms with Crippen molar-refractivity contribution >= 4 is 5.97 Å². The molecule has 0 aromatic heterocycles. The van der Waals surface area contributed by atoms with Crippen LogP contribution < -0.4 is 0 Å². The first-order valence-corrected chi connectivity index (χ1v) is 6.32. The van der Waals surface area contributed by atoms with Crippen LogP contribution in [0.1, 0.15) is 39.5 Å². The van der Waals surface area contributed by atoms with Crippen LogP contribution in [0.2, 0.25) is 0 Å². The van der Waals surface area contributed by atoms with Gasteiger partial charge in [0.1, 0.15) is 0 Å².